The highest BCUT2D eigenvalue weighted by atomic mass is 16.5. The number of allylic oxidation sites excluding steroid dienone is 2. The molecule has 142 valence electrons. The van der Waals surface area contributed by atoms with Gasteiger partial charge in [-0.2, -0.15) is 0 Å². The minimum absolute atomic E-state index is 0.275. The summed E-state index contributed by atoms with van der Waals surface area (Å²) in [4.78, 5) is 0. The van der Waals surface area contributed by atoms with Gasteiger partial charge in [0.25, 0.3) is 0 Å². The predicted molar refractivity (Wildman–Crippen MR) is 111 cm³/mol. The molecular formula is C24H29NO2. The van der Waals surface area contributed by atoms with E-state index in [-0.39, 0.29) is 6.04 Å². The van der Waals surface area contributed by atoms with Crippen LogP contribution < -0.4 is 14.8 Å². The summed E-state index contributed by atoms with van der Waals surface area (Å²) in [6.07, 6.45) is 5.81. The van der Waals surface area contributed by atoms with Crippen LogP contribution in [0.4, 0.5) is 5.69 Å². The first-order valence-corrected chi connectivity index (χ1v) is 10.1. The topological polar surface area (TPSA) is 30.5 Å². The van der Waals surface area contributed by atoms with Gasteiger partial charge >= 0.3 is 0 Å². The Bertz CT molecular complexity index is 810. The van der Waals surface area contributed by atoms with Gasteiger partial charge in [-0.25, -0.2) is 0 Å². The van der Waals surface area contributed by atoms with E-state index in [1.807, 2.05) is 6.92 Å². The Balaban J connectivity index is 1.67. The number of benzene rings is 2. The minimum atomic E-state index is 0.275. The Morgan fingerprint density at radius 1 is 1.07 bits per heavy atom. The summed E-state index contributed by atoms with van der Waals surface area (Å²) in [5.41, 5.74) is 3.82. The zero-order valence-corrected chi connectivity index (χ0v) is 16.4. The third kappa shape index (κ3) is 3.55. The smallest absolute Gasteiger partial charge is 0.142 e. The van der Waals surface area contributed by atoms with Crippen LogP contribution in [0.1, 0.15) is 50.3 Å². The molecule has 0 bridgehead atoms. The maximum Gasteiger partial charge on any atom is 0.142 e. The SMILES string of the molecule is CCOc1ccc(C2Nc3c(OCC(C)C)cccc3C3C=CCC32)cc1. The molecule has 0 radical (unpaired) electrons. The molecule has 3 unspecified atom stereocenters. The van der Waals surface area contributed by atoms with Gasteiger partial charge in [-0.3, -0.25) is 0 Å². The van der Waals surface area contributed by atoms with Gasteiger partial charge < -0.3 is 14.8 Å². The molecule has 0 fully saturated rings. The molecule has 4 rings (SSSR count). The van der Waals surface area contributed by atoms with Crippen molar-refractivity contribution in [3.63, 3.8) is 0 Å². The maximum atomic E-state index is 6.14. The molecule has 1 aliphatic carbocycles. The van der Waals surface area contributed by atoms with Crippen molar-refractivity contribution < 1.29 is 9.47 Å². The third-order valence-electron chi connectivity index (χ3n) is 5.48. The van der Waals surface area contributed by atoms with Gasteiger partial charge in [0.1, 0.15) is 11.5 Å². The molecule has 2 aliphatic rings. The van der Waals surface area contributed by atoms with Crippen LogP contribution in [0.3, 0.4) is 0 Å². The van der Waals surface area contributed by atoms with Crippen LogP contribution in [-0.2, 0) is 0 Å². The average Bonchev–Trinajstić information content (AvgIpc) is 3.17. The van der Waals surface area contributed by atoms with Crippen molar-refractivity contribution in [3.8, 4) is 11.5 Å². The summed E-state index contributed by atoms with van der Waals surface area (Å²) < 4.78 is 11.8. The summed E-state index contributed by atoms with van der Waals surface area (Å²) in [7, 11) is 0. The van der Waals surface area contributed by atoms with Crippen LogP contribution in [0, 0.1) is 11.8 Å². The van der Waals surface area contributed by atoms with Gasteiger partial charge in [-0.15, -0.1) is 0 Å². The molecule has 2 aromatic carbocycles. The molecule has 27 heavy (non-hydrogen) atoms. The van der Waals surface area contributed by atoms with E-state index in [0.29, 0.717) is 24.4 Å². The molecule has 3 atom stereocenters. The third-order valence-corrected chi connectivity index (χ3v) is 5.48. The summed E-state index contributed by atoms with van der Waals surface area (Å²) in [6.45, 7) is 7.80. The lowest BCUT2D eigenvalue weighted by molar-refractivity contribution is 0.270. The number of nitrogens with one attached hydrogen (secondary N) is 1. The van der Waals surface area contributed by atoms with Crippen molar-refractivity contribution in [2.24, 2.45) is 11.8 Å². The van der Waals surface area contributed by atoms with Crippen LogP contribution in [0.5, 0.6) is 11.5 Å². The fourth-order valence-corrected chi connectivity index (χ4v) is 4.24. The highest BCUT2D eigenvalue weighted by molar-refractivity contribution is 5.67. The molecule has 0 spiro atoms. The summed E-state index contributed by atoms with van der Waals surface area (Å²) in [5, 5.41) is 3.82. The minimum Gasteiger partial charge on any atom is -0.494 e. The molecule has 3 heteroatoms. The normalized spacial score (nSPS) is 22.9. The summed E-state index contributed by atoms with van der Waals surface area (Å²) >= 11 is 0. The second kappa shape index (κ2) is 7.67. The van der Waals surface area contributed by atoms with E-state index in [1.54, 1.807) is 0 Å². The van der Waals surface area contributed by atoms with Gasteiger partial charge in [0.15, 0.2) is 0 Å². The molecule has 0 saturated heterocycles. The van der Waals surface area contributed by atoms with Crippen molar-refractivity contribution in [1.82, 2.24) is 0 Å². The Morgan fingerprint density at radius 3 is 2.63 bits per heavy atom. The van der Waals surface area contributed by atoms with Crippen LogP contribution in [-0.4, -0.2) is 13.2 Å². The van der Waals surface area contributed by atoms with Gasteiger partial charge in [0.05, 0.1) is 24.9 Å². The second-order valence-electron chi connectivity index (χ2n) is 7.90. The van der Waals surface area contributed by atoms with E-state index in [2.05, 4.69) is 73.8 Å². The van der Waals surface area contributed by atoms with E-state index in [1.165, 1.54) is 11.1 Å². The molecule has 2 aromatic rings. The fraction of sp³-hybridized carbons (Fsp3) is 0.417. The first-order valence-electron chi connectivity index (χ1n) is 10.1. The van der Waals surface area contributed by atoms with Crippen molar-refractivity contribution in [3.05, 3.63) is 65.7 Å². The van der Waals surface area contributed by atoms with Crippen molar-refractivity contribution in [2.45, 2.75) is 39.2 Å². The van der Waals surface area contributed by atoms with Crippen LogP contribution in [0.25, 0.3) is 0 Å². The monoisotopic (exact) mass is 363 g/mol. The number of hydrogen-bond donors (Lipinski definition) is 1. The number of rotatable bonds is 6. The highest BCUT2D eigenvalue weighted by Gasteiger charge is 2.38. The van der Waals surface area contributed by atoms with Gasteiger partial charge in [0.2, 0.25) is 0 Å². The number of ether oxygens (including phenoxy) is 2. The van der Waals surface area contributed by atoms with Crippen molar-refractivity contribution >= 4 is 5.69 Å². The van der Waals surface area contributed by atoms with Gasteiger partial charge in [0, 0.05) is 5.92 Å². The number of fused-ring (bicyclic) bond motifs is 3. The molecular weight excluding hydrogens is 334 g/mol. The Labute approximate surface area is 162 Å². The standard InChI is InChI=1S/C24H29NO2/c1-4-26-18-13-11-17(12-14-18)23-20-8-5-7-19(20)21-9-6-10-22(24(21)25-23)27-15-16(2)3/h5-7,9-14,16,19-20,23,25H,4,8,15H2,1-3H3. The predicted octanol–water partition coefficient (Wildman–Crippen LogP) is 5.95. The second-order valence-corrected chi connectivity index (χ2v) is 7.90. The first kappa shape index (κ1) is 18.0. The lowest BCUT2D eigenvalue weighted by atomic mass is 9.77. The lowest BCUT2D eigenvalue weighted by Crippen LogP contribution is -2.29. The summed E-state index contributed by atoms with van der Waals surface area (Å²) in [6, 6.07) is 15.3. The van der Waals surface area contributed by atoms with E-state index in [9.17, 15) is 0 Å². The lowest BCUT2D eigenvalue weighted by Gasteiger charge is -2.38. The van der Waals surface area contributed by atoms with E-state index in [4.69, 9.17) is 9.47 Å². The fourth-order valence-electron chi connectivity index (χ4n) is 4.24. The maximum absolute atomic E-state index is 6.14. The van der Waals surface area contributed by atoms with E-state index < -0.39 is 0 Å². The van der Waals surface area contributed by atoms with Crippen LogP contribution in [0.15, 0.2) is 54.6 Å². The molecule has 1 aliphatic heterocycles. The Kier molecular flexibility index (Phi) is 5.11. The molecule has 0 amide bonds. The first-order chi connectivity index (χ1) is 13.2. The van der Waals surface area contributed by atoms with Crippen molar-refractivity contribution in [1.29, 1.82) is 0 Å². The van der Waals surface area contributed by atoms with Crippen LogP contribution in [0.2, 0.25) is 0 Å². The van der Waals surface area contributed by atoms with E-state index >= 15 is 0 Å². The molecule has 1 heterocycles. The van der Waals surface area contributed by atoms with Gasteiger partial charge in [-0.1, -0.05) is 50.3 Å². The Hall–Kier alpha value is -2.42. The molecule has 3 nitrogen and oxygen atoms in total. The van der Waals surface area contributed by atoms with E-state index in [0.717, 1.165) is 30.2 Å². The van der Waals surface area contributed by atoms with Crippen molar-refractivity contribution in [2.75, 3.05) is 18.5 Å². The number of anilines is 1. The number of para-hydroxylation sites is 1. The zero-order valence-electron chi connectivity index (χ0n) is 16.4. The molecule has 0 saturated carbocycles. The average molecular weight is 364 g/mol. The Morgan fingerprint density at radius 2 is 1.89 bits per heavy atom. The van der Waals surface area contributed by atoms with Gasteiger partial charge in [-0.05, 0) is 54.5 Å². The quantitative estimate of drug-likeness (QED) is 0.644. The van der Waals surface area contributed by atoms with Crippen LogP contribution >= 0.6 is 0 Å². The molecule has 1 N–H and O–H groups in total. The zero-order chi connectivity index (χ0) is 18.8. The highest BCUT2D eigenvalue weighted by Crippen LogP contribution is 2.52. The largest absolute Gasteiger partial charge is 0.494 e. The number of hydrogen-bond acceptors (Lipinski definition) is 3. The summed E-state index contributed by atoms with van der Waals surface area (Å²) in [5.74, 6) is 3.39. The molecule has 0 aromatic heterocycles.